The zero-order valence-corrected chi connectivity index (χ0v) is 14.6. The van der Waals surface area contributed by atoms with E-state index in [2.05, 4.69) is 15.6 Å². The number of carbonyl (C=O) groups is 2. The lowest BCUT2D eigenvalue weighted by Crippen LogP contribution is -2.42. The molecule has 2 N–H and O–H groups in total. The summed E-state index contributed by atoms with van der Waals surface area (Å²) in [5.74, 6) is -0.434. The molecule has 7 nitrogen and oxygen atoms in total. The number of hydrogen-bond donors (Lipinski definition) is 2. The normalized spacial score (nSPS) is 12.0. The van der Waals surface area contributed by atoms with Crippen LogP contribution in [0, 0.1) is 0 Å². The van der Waals surface area contributed by atoms with Gasteiger partial charge in [-0.2, -0.15) is 0 Å². The van der Waals surface area contributed by atoms with Crippen LogP contribution in [0.2, 0.25) is 0 Å². The summed E-state index contributed by atoms with van der Waals surface area (Å²) in [6.07, 6.45) is 0. The third kappa shape index (κ3) is 3.94. The van der Waals surface area contributed by atoms with Gasteiger partial charge in [0.25, 0.3) is 5.56 Å². The van der Waals surface area contributed by atoms with Crippen molar-refractivity contribution in [2.24, 2.45) is 0 Å². The predicted octanol–water partition coefficient (Wildman–Crippen LogP) is 1.74. The first kappa shape index (κ1) is 18.0. The van der Waals surface area contributed by atoms with Gasteiger partial charge in [-0.25, -0.2) is 9.78 Å². The van der Waals surface area contributed by atoms with Crippen LogP contribution in [-0.4, -0.2) is 33.3 Å². The van der Waals surface area contributed by atoms with Gasteiger partial charge < -0.3 is 5.32 Å². The van der Waals surface area contributed by atoms with Crippen molar-refractivity contribution in [3.8, 4) is 0 Å². The van der Waals surface area contributed by atoms with Gasteiger partial charge in [0, 0.05) is 13.1 Å². The average molecular weight is 348 g/mol. The highest BCUT2D eigenvalue weighted by atomic mass is 32.2. The highest BCUT2D eigenvalue weighted by molar-refractivity contribution is 8.00. The monoisotopic (exact) mass is 348 g/mol. The molecule has 1 aromatic heterocycles. The van der Waals surface area contributed by atoms with E-state index in [0.717, 1.165) is 11.8 Å². The number of imide groups is 1. The molecule has 0 radical (unpaired) electrons. The van der Waals surface area contributed by atoms with Gasteiger partial charge in [-0.1, -0.05) is 23.9 Å². The number of para-hydroxylation sites is 1. The Bertz CT molecular complexity index is 819. The van der Waals surface area contributed by atoms with E-state index >= 15 is 0 Å². The van der Waals surface area contributed by atoms with E-state index in [0.29, 0.717) is 29.1 Å². The van der Waals surface area contributed by atoms with Crippen molar-refractivity contribution in [2.45, 2.75) is 37.7 Å². The minimum atomic E-state index is -0.571. The largest absolute Gasteiger partial charge is 0.338 e. The lowest BCUT2D eigenvalue weighted by atomic mass is 10.2. The molecule has 0 saturated carbocycles. The second-order valence-electron chi connectivity index (χ2n) is 5.07. The number of urea groups is 1. The first-order valence-electron chi connectivity index (χ1n) is 7.72. The Morgan fingerprint density at radius 1 is 1.29 bits per heavy atom. The Balaban J connectivity index is 2.27. The van der Waals surface area contributed by atoms with Crippen LogP contribution in [0.4, 0.5) is 4.79 Å². The van der Waals surface area contributed by atoms with Gasteiger partial charge in [0.1, 0.15) is 0 Å². The standard InChI is InChI=1S/C16H20N4O3S/c1-4-17-15(23)19-13(21)10(3)24-16-18-12-9-7-6-8-11(12)14(22)20(16)5-2/h6-10H,4-5H2,1-3H3,(H2,17,19,21,23)/t10-/m0/s1. The molecule has 8 heteroatoms. The smallest absolute Gasteiger partial charge is 0.321 e. The average Bonchev–Trinajstić information content (AvgIpc) is 2.55. The van der Waals surface area contributed by atoms with E-state index in [4.69, 9.17) is 0 Å². The molecule has 24 heavy (non-hydrogen) atoms. The summed E-state index contributed by atoms with van der Waals surface area (Å²) < 4.78 is 1.53. The molecule has 2 rings (SSSR count). The number of rotatable bonds is 5. The molecule has 2 aromatic rings. The van der Waals surface area contributed by atoms with Crippen molar-refractivity contribution in [3.63, 3.8) is 0 Å². The molecule has 1 aromatic carbocycles. The lowest BCUT2D eigenvalue weighted by Gasteiger charge is -2.15. The maximum atomic E-state index is 12.5. The molecule has 0 aliphatic carbocycles. The number of nitrogens with one attached hydrogen (secondary N) is 2. The number of thioether (sulfide) groups is 1. The molecule has 0 spiro atoms. The highest BCUT2D eigenvalue weighted by Gasteiger charge is 2.20. The molecule has 0 unspecified atom stereocenters. The fourth-order valence-electron chi connectivity index (χ4n) is 2.15. The van der Waals surface area contributed by atoms with E-state index in [1.165, 1.54) is 4.57 Å². The van der Waals surface area contributed by atoms with Crippen molar-refractivity contribution in [1.29, 1.82) is 0 Å². The molecule has 0 fully saturated rings. The zero-order valence-electron chi connectivity index (χ0n) is 13.8. The number of nitrogens with zero attached hydrogens (tertiary/aromatic N) is 2. The van der Waals surface area contributed by atoms with Crippen molar-refractivity contribution in [1.82, 2.24) is 20.2 Å². The van der Waals surface area contributed by atoms with Crippen LogP contribution in [0.5, 0.6) is 0 Å². The van der Waals surface area contributed by atoms with Crippen LogP contribution in [0.15, 0.2) is 34.2 Å². The van der Waals surface area contributed by atoms with E-state index in [1.54, 1.807) is 32.0 Å². The Morgan fingerprint density at radius 3 is 2.67 bits per heavy atom. The van der Waals surface area contributed by atoms with Gasteiger partial charge in [-0.05, 0) is 32.9 Å². The second kappa shape index (κ2) is 7.96. The summed E-state index contributed by atoms with van der Waals surface area (Å²) in [4.78, 5) is 40.5. The van der Waals surface area contributed by atoms with Gasteiger partial charge in [-0.15, -0.1) is 0 Å². The Hall–Kier alpha value is -2.35. The van der Waals surface area contributed by atoms with Crippen LogP contribution in [0.1, 0.15) is 20.8 Å². The minimum Gasteiger partial charge on any atom is -0.338 e. The molecule has 0 aliphatic heterocycles. The molecule has 0 bridgehead atoms. The van der Waals surface area contributed by atoms with E-state index < -0.39 is 17.2 Å². The minimum absolute atomic E-state index is 0.137. The summed E-state index contributed by atoms with van der Waals surface area (Å²) >= 11 is 1.15. The number of hydrogen-bond acceptors (Lipinski definition) is 5. The van der Waals surface area contributed by atoms with Gasteiger partial charge >= 0.3 is 6.03 Å². The molecule has 0 saturated heterocycles. The van der Waals surface area contributed by atoms with Crippen LogP contribution in [-0.2, 0) is 11.3 Å². The van der Waals surface area contributed by atoms with E-state index in [1.807, 2.05) is 13.0 Å². The van der Waals surface area contributed by atoms with Crippen molar-refractivity contribution < 1.29 is 9.59 Å². The summed E-state index contributed by atoms with van der Waals surface area (Å²) in [6, 6.07) is 6.57. The maximum absolute atomic E-state index is 12.5. The van der Waals surface area contributed by atoms with Gasteiger partial charge in [0.15, 0.2) is 5.16 Å². The Labute approximate surface area is 143 Å². The topological polar surface area (TPSA) is 93.1 Å². The van der Waals surface area contributed by atoms with Gasteiger partial charge in [0.05, 0.1) is 16.2 Å². The Kier molecular flexibility index (Phi) is 5.97. The number of fused-ring (bicyclic) bond motifs is 1. The summed E-state index contributed by atoms with van der Waals surface area (Å²) in [7, 11) is 0. The Morgan fingerprint density at radius 2 is 2.00 bits per heavy atom. The number of benzene rings is 1. The molecule has 0 aliphatic rings. The van der Waals surface area contributed by atoms with E-state index in [-0.39, 0.29) is 5.56 Å². The number of carbonyl (C=O) groups excluding carboxylic acids is 2. The zero-order chi connectivity index (χ0) is 17.7. The van der Waals surface area contributed by atoms with Crippen molar-refractivity contribution in [3.05, 3.63) is 34.6 Å². The van der Waals surface area contributed by atoms with Crippen molar-refractivity contribution >= 4 is 34.6 Å². The predicted molar refractivity (Wildman–Crippen MR) is 94.2 cm³/mol. The highest BCUT2D eigenvalue weighted by Crippen LogP contribution is 2.22. The molecule has 1 heterocycles. The second-order valence-corrected chi connectivity index (χ2v) is 6.38. The number of amides is 3. The molecular weight excluding hydrogens is 328 g/mol. The van der Waals surface area contributed by atoms with E-state index in [9.17, 15) is 14.4 Å². The molecular formula is C16H20N4O3S. The first-order valence-corrected chi connectivity index (χ1v) is 8.60. The SMILES string of the molecule is CCNC(=O)NC(=O)[C@H](C)Sc1nc2ccccc2c(=O)n1CC. The lowest BCUT2D eigenvalue weighted by molar-refractivity contribution is -0.119. The van der Waals surface area contributed by atoms with Gasteiger partial charge in [0.2, 0.25) is 5.91 Å². The first-order chi connectivity index (χ1) is 11.5. The third-order valence-corrected chi connectivity index (χ3v) is 4.46. The molecule has 1 atom stereocenters. The summed E-state index contributed by atoms with van der Waals surface area (Å²) in [5.41, 5.74) is 0.452. The maximum Gasteiger partial charge on any atom is 0.321 e. The molecule has 3 amide bonds. The third-order valence-electron chi connectivity index (χ3n) is 3.37. The quantitative estimate of drug-likeness (QED) is 0.634. The van der Waals surface area contributed by atoms with Gasteiger partial charge in [-0.3, -0.25) is 19.5 Å². The van der Waals surface area contributed by atoms with Crippen molar-refractivity contribution in [2.75, 3.05) is 6.54 Å². The van der Waals surface area contributed by atoms with Crippen LogP contribution in [0.25, 0.3) is 10.9 Å². The van der Waals surface area contributed by atoms with Crippen LogP contribution >= 0.6 is 11.8 Å². The fourth-order valence-corrected chi connectivity index (χ4v) is 3.12. The van der Waals surface area contributed by atoms with Crippen LogP contribution < -0.4 is 16.2 Å². The van der Waals surface area contributed by atoms with Crippen LogP contribution in [0.3, 0.4) is 0 Å². The number of aromatic nitrogens is 2. The molecule has 128 valence electrons. The summed E-state index contributed by atoms with van der Waals surface area (Å²) in [6.45, 7) is 6.16. The summed E-state index contributed by atoms with van der Waals surface area (Å²) in [5, 5.41) is 5.20. The fraction of sp³-hybridized carbons (Fsp3) is 0.375.